The molecule has 0 radical (unpaired) electrons. The second-order valence-electron chi connectivity index (χ2n) is 5.43. The predicted molar refractivity (Wildman–Crippen MR) is 98.7 cm³/mol. The van der Waals surface area contributed by atoms with Gasteiger partial charge in [-0.3, -0.25) is 4.99 Å². The minimum atomic E-state index is 0. The Morgan fingerprint density at radius 1 is 1.14 bits per heavy atom. The van der Waals surface area contributed by atoms with Crippen LogP contribution in [0.3, 0.4) is 0 Å². The number of hydrogen-bond acceptors (Lipinski definition) is 3. The molecule has 1 aliphatic carbocycles. The van der Waals surface area contributed by atoms with Crippen LogP contribution in [0.5, 0.6) is 0 Å². The van der Waals surface area contributed by atoms with Crippen LogP contribution >= 0.6 is 24.0 Å². The predicted octanol–water partition coefficient (Wildman–Crippen LogP) is 2.40. The Morgan fingerprint density at radius 2 is 1.90 bits per heavy atom. The van der Waals surface area contributed by atoms with Gasteiger partial charge in [-0.15, -0.1) is 24.0 Å². The van der Waals surface area contributed by atoms with Crippen molar-refractivity contribution < 1.29 is 9.47 Å². The lowest BCUT2D eigenvalue weighted by molar-refractivity contribution is 0.0733. The van der Waals surface area contributed by atoms with Crippen molar-refractivity contribution >= 4 is 29.9 Å². The Hall–Kier alpha value is -0.0800. The van der Waals surface area contributed by atoms with Crippen LogP contribution in [0.2, 0.25) is 0 Å². The molecule has 0 aromatic rings. The maximum absolute atomic E-state index is 5.43. The van der Waals surface area contributed by atoms with Gasteiger partial charge in [0.15, 0.2) is 5.96 Å². The number of nitrogens with one attached hydrogen (secondary N) is 2. The van der Waals surface area contributed by atoms with Crippen molar-refractivity contribution in [3.05, 3.63) is 0 Å². The minimum Gasteiger partial charge on any atom is -0.382 e. The summed E-state index contributed by atoms with van der Waals surface area (Å²) < 4.78 is 10.4. The summed E-state index contributed by atoms with van der Waals surface area (Å²) in [4.78, 5) is 4.73. The Balaban J connectivity index is 0.00000400. The second kappa shape index (κ2) is 12.5. The molecule has 21 heavy (non-hydrogen) atoms. The first-order valence-corrected chi connectivity index (χ1v) is 7.85. The Morgan fingerprint density at radius 3 is 2.43 bits per heavy atom. The highest BCUT2D eigenvalue weighted by Crippen LogP contribution is 2.43. The molecule has 0 heterocycles. The molecule has 1 saturated carbocycles. The molecular weight excluding hydrogens is 381 g/mol. The van der Waals surface area contributed by atoms with E-state index in [2.05, 4.69) is 24.5 Å². The standard InChI is InChI=1S/C15H31N3O2.HI/c1-4-15(7-6-8-15)13-18-14(16-5-2)17-9-10-20-12-11-19-3;/h4-13H2,1-3H3,(H2,16,17,18);1H. The SMILES string of the molecule is CCNC(=NCC1(CC)CCC1)NCCOCCOC.I. The van der Waals surface area contributed by atoms with E-state index in [1.165, 1.54) is 25.7 Å². The van der Waals surface area contributed by atoms with Gasteiger partial charge in [0.05, 0.1) is 19.8 Å². The first-order chi connectivity index (χ1) is 9.76. The fraction of sp³-hybridized carbons (Fsp3) is 0.933. The molecule has 126 valence electrons. The van der Waals surface area contributed by atoms with E-state index < -0.39 is 0 Å². The van der Waals surface area contributed by atoms with Crippen LogP contribution in [0.1, 0.15) is 39.5 Å². The lowest BCUT2D eigenvalue weighted by Gasteiger charge is -2.40. The monoisotopic (exact) mass is 413 g/mol. The molecule has 1 rings (SSSR count). The summed E-state index contributed by atoms with van der Waals surface area (Å²) in [5, 5.41) is 6.60. The molecule has 0 amide bonds. The molecule has 0 unspecified atom stereocenters. The van der Waals surface area contributed by atoms with Gasteiger partial charge in [0.2, 0.25) is 0 Å². The van der Waals surface area contributed by atoms with E-state index >= 15 is 0 Å². The fourth-order valence-corrected chi connectivity index (χ4v) is 2.37. The van der Waals surface area contributed by atoms with Gasteiger partial charge in [0, 0.05) is 26.7 Å². The highest BCUT2D eigenvalue weighted by molar-refractivity contribution is 14.0. The van der Waals surface area contributed by atoms with Crippen LogP contribution in [0.4, 0.5) is 0 Å². The average molecular weight is 413 g/mol. The van der Waals surface area contributed by atoms with Crippen molar-refractivity contribution in [3.63, 3.8) is 0 Å². The highest BCUT2D eigenvalue weighted by Gasteiger charge is 2.34. The topological polar surface area (TPSA) is 54.9 Å². The number of methoxy groups -OCH3 is 1. The van der Waals surface area contributed by atoms with Crippen LogP contribution in [0.15, 0.2) is 4.99 Å². The normalized spacial score (nSPS) is 16.8. The molecule has 0 atom stereocenters. The van der Waals surface area contributed by atoms with Crippen LogP contribution in [-0.2, 0) is 9.47 Å². The Labute approximate surface area is 146 Å². The van der Waals surface area contributed by atoms with Gasteiger partial charge in [-0.1, -0.05) is 13.3 Å². The zero-order valence-electron chi connectivity index (χ0n) is 13.7. The highest BCUT2D eigenvalue weighted by atomic mass is 127. The number of hydrogen-bond donors (Lipinski definition) is 2. The summed E-state index contributed by atoms with van der Waals surface area (Å²) in [6.07, 6.45) is 5.25. The van der Waals surface area contributed by atoms with E-state index in [9.17, 15) is 0 Å². The molecule has 0 aromatic carbocycles. The Kier molecular flexibility index (Phi) is 12.4. The van der Waals surface area contributed by atoms with Crippen molar-refractivity contribution in [2.45, 2.75) is 39.5 Å². The van der Waals surface area contributed by atoms with Gasteiger partial charge in [-0.25, -0.2) is 0 Å². The molecule has 5 nitrogen and oxygen atoms in total. The van der Waals surface area contributed by atoms with Crippen molar-refractivity contribution in [1.29, 1.82) is 0 Å². The van der Waals surface area contributed by atoms with Crippen molar-refractivity contribution in [3.8, 4) is 0 Å². The van der Waals surface area contributed by atoms with E-state index in [0.29, 0.717) is 25.2 Å². The lowest BCUT2D eigenvalue weighted by Crippen LogP contribution is -2.41. The second-order valence-corrected chi connectivity index (χ2v) is 5.43. The molecule has 0 bridgehead atoms. The van der Waals surface area contributed by atoms with Gasteiger partial charge in [0.1, 0.15) is 0 Å². The van der Waals surface area contributed by atoms with Crippen molar-refractivity contribution in [1.82, 2.24) is 10.6 Å². The number of ether oxygens (including phenoxy) is 2. The maximum atomic E-state index is 5.43. The number of halogens is 1. The third kappa shape index (κ3) is 8.21. The number of aliphatic imine (C=N–C) groups is 1. The molecule has 0 aliphatic heterocycles. The van der Waals surface area contributed by atoms with E-state index in [1.54, 1.807) is 7.11 Å². The van der Waals surface area contributed by atoms with Gasteiger partial charge in [0.25, 0.3) is 0 Å². The van der Waals surface area contributed by atoms with Crippen LogP contribution < -0.4 is 10.6 Å². The summed E-state index contributed by atoms with van der Waals surface area (Å²) in [5.41, 5.74) is 0.470. The third-order valence-electron chi connectivity index (χ3n) is 4.05. The fourth-order valence-electron chi connectivity index (χ4n) is 2.37. The summed E-state index contributed by atoms with van der Waals surface area (Å²) in [5.74, 6) is 0.905. The molecule has 6 heteroatoms. The third-order valence-corrected chi connectivity index (χ3v) is 4.05. The van der Waals surface area contributed by atoms with E-state index in [-0.39, 0.29) is 24.0 Å². The van der Waals surface area contributed by atoms with Crippen LogP contribution in [0.25, 0.3) is 0 Å². The van der Waals surface area contributed by atoms with Crippen LogP contribution in [-0.4, -0.2) is 52.5 Å². The van der Waals surface area contributed by atoms with E-state index in [1.807, 2.05) is 0 Å². The first kappa shape index (κ1) is 20.9. The number of nitrogens with zero attached hydrogens (tertiary/aromatic N) is 1. The Bertz CT molecular complexity index is 279. The number of rotatable bonds is 10. The molecule has 0 saturated heterocycles. The quantitative estimate of drug-likeness (QED) is 0.250. The van der Waals surface area contributed by atoms with E-state index in [0.717, 1.165) is 25.6 Å². The lowest BCUT2D eigenvalue weighted by atomic mass is 9.67. The maximum Gasteiger partial charge on any atom is 0.191 e. The molecule has 0 spiro atoms. The molecule has 1 fully saturated rings. The minimum absolute atomic E-state index is 0. The largest absolute Gasteiger partial charge is 0.382 e. The molecule has 1 aliphatic rings. The zero-order valence-corrected chi connectivity index (χ0v) is 16.1. The van der Waals surface area contributed by atoms with E-state index in [4.69, 9.17) is 14.5 Å². The smallest absolute Gasteiger partial charge is 0.191 e. The number of guanidine groups is 1. The van der Waals surface area contributed by atoms with Crippen LogP contribution in [0, 0.1) is 5.41 Å². The summed E-state index contributed by atoms with van der Waals surface area (Å²) in [7, 11) is 1.68. The van der Waals surface area contributed by atoms with Gasteiger partial charge in [-0.2, -0.15) is 0 Å². The molecule has 2 N–H and O–H groups in total. The van der Waals surface area contributed by atoms with Crippen molar-refractivity contribution in [2.75, 3.05) is 46.6 Å². The van der Waals surface area contributed by atoms with Gasteiger partial charge in [-0.05, 0) is 31.6 Å². The molecular formula is C15H32IN3O2. The van der Waals surface area contributed by atoms with Crippen molar-refractivity contribution in [2.24, 2.45) is 10.4 Å². The first-order valence-electron chi connectivity index (χ1n) is 7.85. The molecule has 0 aromatic heterocycles. The summed E-state index contributed by atoms with van der Waals surface area (Å²) in [6.45, 7) is 8.92. The summed E-state index contributed by atoms with van der Waals surface area (Å²) in [6, 6.07) is 0. The summed E-state index contributed by atoms with van der Waals surface area (Å²) >= 11 is 0. The van der Waals surface area contributed by atoms with Gasteiger partial charge >= 0.3 is 0 Å². The zero-order chi connectivity index (χ0) is 14.7. The van der Waals surface area contributed by atoms with Gasteiger partial charge < -0.3 is 20.1 Å². The average Bonchev–Trinajstić information content (AvgIpc) is 2.41.